The Hall–Kier alpha value is -1.74. The highest BCUT2D eigenvalue weighted by atomic mass is 28.3. The molecule has 0 N–H and O–H groups in total. The van der Waals surface area contributed by atoms with Crippen LogP contribution in [0.25, 0.3) is 10.9 Å². The molecule has 2 aliphatic carbocycles. The zero-order valence-corrected chi connectivity index (χ0v) is 15.5. The maximum absolute atomic E-state index is 5.50. The molecular weight excluding hydrogens is 298 g/mol. The minimum absolute atomic E-state index is 0.535. The summed E-state index contributed by atoms with van der Waals surface area (Å²) in [5.74, 6) is 2.13. The first kappa shape index (κ1) is 14.8. The SMILES string of the molecule is COc1ccc2c(c1)c1c(n2C[Si](C)(C)C)CC2C=CC=CC12. The van der Waals surface area contributed by atoms with Crippen LogP contribution in [0.5, 0.6) is 5.75 Å². The largest absolute Gasteiger partial charge is 0.497 e. The molecule has 0 saturated heterocycles. The van der Waals surface area contributed by atoms with Gasteiger partial charge in [-0.3, -0.25) is 0 Å². The standard InChI is InChI=1S/C20H25NOSi/c1-22-15-9-10-18-17(12-15)20-16-8-6-5-7-14(16)11-19(20)21(18)13-23(2,3)4/h5-10,12,14,16H,11,13H2,1-4H3. The van der Waals surface area contributed by atoms with Gasteiger partial charge in [-0.2, -0.15) is 0 Å². The highest BCUT2D eigenvalue weighted by Gasteiger charge is 2.36. The van der Waals surface area contributed by atoms with Crippen molar-refractivity contribution in [2.45, 2.75) is 38.1 Å². The fourth-order valence-corrected chi connectivity index (χ4v) is 5.48. The summed E-state index contributed by atoms with van der Waals surface area (Å²) < 4.78 is 8.12. The van der Waals surface area contributed by atoms with E-state index in [1.54, 1.807) is 18.4 Å². The van der Waals surface area contributed by atoms with Crippen molar-refractivity contribution in [1.82, 2.24) is 4.57 Å². The molecule has 0 aliphatic heterocycles. The Kier molecular flexibility index (Phi) is 3.31. The highest BCUT2D eigenvalue weighted by Crippen LogP contribution is 2.47. The van der Waals surface area contributed by atoms with E-state index in [9.17, 15) is 0 Å². The third-order valence-electron chi connectivity index (χ3n) is 5.07. The minimum Gasteiger partial charge on any atom is -0.497 e. The minimum atomic E-state index is -1.20. The molecule has 2 atom stereocenters. The summed E-state index contributed by atoms with van der Waals surface area (Å²) in [6.07, 6.45) is 11.5. The van der Waals surface area contributed by atoms with E-state index < -0.39 is 8.07 Å². The number of fused-ring (bicyclic) bond motifs is 5. The van der Waals surface area contributed by atoms with Crippen LogP contribution in [-0.2, 0) is 12.6 Å². The first-order chi connectivity index (χ1) is 11.0. The lowest BCUT2D eigenvalue weighted by Crippen LogP contribution is -2.28. The fraction of sp³-hybridized carbons (Fsp3) is 0.400. The van der Waals surface area contributed by atoms with Crippen molar-refractivity contribution in [2.75, 3.05) is 7.11 Å². The molecule has 1 aromatic heterocycles. The molecule has 2 unspecified atom stereocenters. The Morgan fingerprint density at radius 3 is 2.70 bits per heavy atom. The second-order valence-electron chi connectivity index (χ2n) is 8.05. The fourth-order valence-electron chi connectivity index (χ4n) is 4.17. The molecular formula is C20H25NOSi. The first-order valence-electron chi connectivity index (χ1n) is 8.52. The number of ether oxygens (including phenoxy) is 1. The van der Waals surface area contributed by atoms with Crippen LogP contribution in [0.1, 0.15) is 17.2 Å². The van der Waals surface area contributed by atoms with Crippen molar-refractivity contribution in [3.8, 4) is 5.75 Å². The van der Waals surface area contributed by atoms with E-state index in [0.29, 0.717) is 11.8 Å². The topological polar surface area (TPSA) is 14.2 Å². The number of hydrogen-bond acceptors (Lipinski definition) is 1. The van der Waals surface area contributed by atoms with Crippen LogP contribution in [0.2, 0.25) is 19.6 Å². The average molecular weight is 324 g/mol. The molecule has 0 saturated carbocycles. The summed E-state index contributed by atoms with van der Waals surface area (Å²) in [6, 6.07) is 6.60. The molecule has 1 aromatic carbocycles. The molecule has 4 rings (SSSR count). The Balaban J connectivity index is 1.96. The average Bonchev–Trinajstić information content (AvgIpc) is 3.02. The van der Waals surface area contributed by atoms with Crippen LogP contribution >= 0.6 is 0 Å². The van der Waals surface area contributed by atoms with Gasteiger partial charge in [0, 0.05) is 28.7 Å². The van der Waals surface area contributed by atoms with Gasteiger partial charge >= 0.3 is 0 Å². The molecule has 0 amide bonds. The molecule has 0 bridgehead atoms. The quantitative estimate of drug-likeness (QED) is 0.732. The second-order valence-corrected chi connectivity index (χ2v) is 13.5. The summed E-state index contributed by atoms with van der Waals surface area (Å²) in [6.45, 7) is 7.36. The van der Waals surface area contributed by atoms with E-state index in [1.807, 2.05) is 0 Å². The van der Waals surface area contributed by atoms with Gasteiger partial charge in [0.1, 0.15) is 5.75 Å². The lowest BCUT2D eigenvalue weighted by molar-refractivity contribution is 0.415. The lowest BCUT2D eigenvalue weighted by atomic mass is 9.88. The first-order valence-corrected chi connectivity index (χ1v) is 12.2. The van der Waals surface area contributed by atoms with Crippen molar-refractivity contribution >= 4 is 19.0 Å². The Bertz CT molecular complexity index is 822. The van der Waals surface area contributed by atoms with Gasteiger partial charge in [-0.15, -0.1) is 0 Å². The Morgan fingerprint density at radius 2 is 1.96 bits per heavy atom. The summed E-state index contributed by atoms with van der Waals surface area (Å²) >= 11 is 0. The van der Waals surface area contributed by atoms with E-state index in [1.165, 1.54) is 23.5 Å². The summed E-state index contributed by atoms with van der Waals surface area (Å²) in [7, 11) is 0.560. The van der Waals surface area contributed by atoms with Crippen LogP contribution in [0.3, 0.4) is 0 Å². The van der Waals surface area contributed by atoms with Crippen molar-refractivity contribution in [1.29, 1.82) is 0 Å². The molecule has 3 heteroatoms. The molecule has 120 valence electrons. The van der Waals surface area contributed by atoms with Crippen LogP contribution < -0.4 is 4.74 Å². The maximum Gasteiger partial charge on any atom is 0.119 e. The predicted octanol–water partition coefficient (Wildman–Crippen LogP) is 4.91. The molecule has 2 aliphatic rings. The van der Waals surface area contributed by atoms with Crippen molar-refractivity contribution in [3.05, 3.63) is 53.8 Å². The summed E-state index contributed by atoms with van der Waals surface area (Å²) in [4.78, 5) is 0. The van der Waals surface area contributed by atoms with Crippen LogP contribution in [0.15, 0.2) is 42.5 Å². The lowest BCUT2D eigenvalue weighted by Gasteiger charge is -2.21. The molecule has 0 fully saturated rings. The summed E-state index contributed by atoms with van der Waals surface area (Å²) in [5.41, 5.74) is 4.49. The van der Waals surface area contributed by atoms with Crippen molar-refractivity contribution in [2.24, 2.45) is 5.92 Å². The van der Waals surface area contributed by atoms with Gasteiger partial charge in [0.05, 0.1) is 15.2 Å². The maximum atomic E-state index is 5.50. The van der Waals surface area contributed by atoms with Crippen LogP contribution in [-0.4, -0.2) is 19.8 Å². The smallest absolute Gasteiger partial charge is 0.119 e. The normalized spacial score (nSPS) is 22.4. The van der Waals surface area contributed by atoms with Crippen molar-refractivity contribution < 1.29 is 4.74 Å². The highest BCUT2D eigenvalue weighted by molar-refractivity contribution is 6.75. The van der Waals surface area contributed by atoms with Gasteiger partial charge in [0.15, 0.2) is 0 Å². The third kappa shape index (κ3) is 2.38. The van der Waals surface area contributed by atoms with E-state index in [0.717, 1.165) is 5.75 Å². The number of allylic oxidation sites excluding steroid dienone is 4. The molecule has 0 spiro atoms. The van der Waals surface area contributed by atoms with Gasteiger partial charge in [0.25, 0.3) is 0 Å². The Morgan fingerprint density at radius 1 is 1.17 bits per heavy atom. The number of hydrogen-bond donors (Lipinski definition) is 0. The molecule has 2 aromatic rings. The number of benzene rings is 1. The molecule has 1 heterocycles. The zero-order chi connectivity index (χ0) is 16.2. The zero-order valence-electron chi connectivity index (χ0n) is 14.5. The van der Waals surface area contributed by atoms with Gasteiger partial charge in [0.2, 0.25) is 0 Å². The summed E-state index contributed by atoms with van der Waals surface area (Å²) in [5, 5.41) is 1.39. The van der Waals surface area contributed by atoms with Gasteiger partial charge in [-0.25, -0.2) is 0 Å². The van der Waals surface area contributed by atoms with Gasteiger partial charge < -0.3 is 9.30 Å². The van der Waals surface area contributed by atoms with Crippen LogP contribution in [0.4, 0.5) is 0 Å². The number of methoxy groups -OCH3 is 1. The third-order valence-corrected chi connectivity index (χ3v) is 6.33. The molecule has 23 heavy (non-hydrogen) atoms. The van der Waals surface area contributed by atoms with Crippen molar-refractivity contribution in [3.63, 3.8) is 0 Å². The monoisotopic (exact) mass is 323 g/mol. The number of nitrogens with zero attached hydrogens (tertiary/aromatic N) is 1. The molecule has 0 radical (unpaired) electrons. The second kappa shape index (κ2) is 5.13. The van der Waals surface area contributed by atoms with Crippen LogP contribution in [0, 0.1) is 5.92 Å². The van der Waals surface area contributed by atoms with Gasteiger partial charge in [-0.05, 0) is 36.1 Å². The van der Waals surface area contributed by atoms with E-state index in [2.05, 4.69) is 66.7 Å². The Labute approximate surface area is 139 Å². The molecule has 2 nitrogen and oxygen atoms in total. The number of aromatic nitrogens is 1. The van der Waals surface area contributed by atoms with E-state index in [-0.39, 0.29) is 0 Å². The van der Waals surface area contributed by atoms with Gasteiger partial charge in [-0.1, -0.05) is 43.9 Å². The number of rotatable bonds is 3. The predicted molar refractivity (Wildman–Crippen MR) is 100 cm³/mol. The van der Waals surface area contributed by atoms with E-state index in [4.69, 9.17) is 4.74 Å². The van der Waals surface area contributed by atoms with E-state index >= 15 is 0 Å².